The third-order valence-electron chi connectivity index (χ3n) is 3.03. The average molecular weight is 347 g/mol. The number of carbonyl (C=O) groups excluding carboxylic acids is 1. The van der Waals surface area contributed by atoms with Crippen molar-refractivity contribution < 1.29 is 13.2 Å². The summed E-state index contributed by atoms with van der Waals surface area (Å²) >= 11 is 3.28. The van der Waals surface area contributed by atoms with Crippen LogP contribution in [0.1, 0.15) is 23.2 Å². The van der Waals surface area contributed by atoms with Crippen molar-refractivity contribution in [3.8, 4) is 0 Å². The lowest BCUT2D eigenvalue weighted by Gasteiger charge is -2.23. The van der Waals surface area contributed by atoms with Crippen LogP contribution in [0.15, 0.2) is 22.7 Å². The topological polar surface area (TPSA) is 89.3 Å². The first-order chi connectivity index (χ1) is 8.87. The van der Waals surface area contributed by atoms with E-state index in [9.17, 15) is 13.2 Å². The Bertz CT molecular complexity index is 601. The van der Waals surface area contributed by atoms with E-state index < -0.39 is 9.84 Å². The molecule has 7 heteroatoms. The number of anilines is 1. The van der Waals surface area contributed by atoms with Crippen LogP contribution in [-0.4, -0.2) is 31.9 Å². The van der Waals surface area contributed by atoms with Gasteiger partial charge in [0.1, 0.15) is 0 Å². The molecule has 104 valence electrons. The van der Waals surface area contributed by atoms with Gasteiger partial charge in [-0.05, 0) is 47.0 Å². The lowest BCUT2D eigenvalue weighted by atomic mass is 10.1. The number of hydrogen-bond donors (Lipinski definition) is 2. The molecular weight excluding hydrogens is 332 g/mol. The molecule has 1 aliphatic heterocycles. The van der Waals surface area contributed by atoms with E-state index in [0.717, 1.165) is 0 Å². The summed E-state index contributed by atoms with van der Waals surface area (Å²) < 4.78 is 23.7. The van der Waals surface area contributed by atoms with E-state index in [1.54, 1.807) is 18.2 Å². The van der Waals surface area contributed by atoms with E-state index in [2.05, 4.69) is 21.2 Å². The number of halogens is 1. The number of hydrogen-bond acceptors (Lipinski definition) is 4. The Hall–Kier alpha value is -1.08. The van der Waals surface area contributed by atoms with Crippen LogP contribution in [0.25, 0.3) is 0 Å². The van der Waals surface area contributed by atoms with Crippen LogP contribution >= 0.6 is 15.9 Å². The van der Waals surface area contributed by atoms with Crippen molar-refractivity contribution in [2.24, 2.45) is 0 Å². The summed E-state index contributed by atoms with van der Waals surface area (Å²) in [5.41, 5.74) is 6.55. The fourth-order valence-electron chi connectivity index (χ4n) is 2.12. The molecule has 1 heterocycles. The van der Waals surface area contributed by atoms with Gasteiger partial charge in [0.15, 0.2) is 9.84 Å². The van der Waals surface area contributed by atoms with Crippen LogP contribution in [0.3, 0.4) is 0 Å². The quantitative estimate of drug-likeness (QED) is 0.790. The molecule has 19 heavy (non-hydrogen) atoms. The Morgan fingerprint density at radius 3 is 2.84 bits per heavy atom. The molecule has 0 radical (unpaired) electrons. The third-order valence-corrected chi connectivity index (χ3v) is 5.55. The maximum atomic E-state index is 12.1. The van der Waals surface area contributed by atoms with Gasteiger partial charge in [0, 0.05) is 16.2 Å². The van der Waals surface area contributed by atoms with Gasteiger partial charge in [-0.1, -0.05) is 0 Å². The summed E-state index contributed by atoms with van der Waals surface area (Å²) in [6, 6.07) is 4.63. The maximum Gasteiger partial charge on any atom is 0.252 e. The second-order valence-corrected chi connectivity index (χ2v) is 7.75. The van der Waals surface area contributed by atoms with Crippen molar-refractivity contribution >= 4 is 37.4 Å². The van der Waals surface area contributed by atoms with Gasteiger partial charge < -0.3 is 11.1 Å². The number of sulfone groups is 1. The number of amides is 1. The van der Waals surface area contributed by atoms with E-state index in [0.29, 0.717) is 28.6 Å². The van der Waals surface area contributed by atoms with Crippen LogP contribution in [0.4, 0.5) is 5.69 Å². The molecule has 1 fully saturated rings. The van der Waals surface area contributed by atoms with Gasteiger partial charge in [0.05, 0.1) is 17.1 Å². The van der Waals surface area contributed by atoms with Crippen molar-refractivity contribution in [2.45, 2.75) is 18.9 Å². The van der Waals surface area contributed by atoms with Gasteiger partial charge in [-0.15, -0.1) is 0 Å². The van der Waals surface area contributed by atoms with Gasteiger partial charge in [-0.2, -0.15) is 0 Å². The zero-order valence-electron chi connectivity index (χ0n) is 10.2. The first-order valence-corrected chi connectivity index (χ1v) is 8.55. The number of benzene rings is 1. The highest BCUT2D eigenvalue weighted by molar-refractivity contribution is 9.10. The molecule has 1 aromatic rings. The molecule has 1 unspecified atom stereocenters. The fraction of sp³-hybridized carbons (Fsp3) is 0.417. The Labute approximate surface area is 120 Å². The molecule has 0 aromatic heterocycles. The number of carbonyl (C=O) groups is 1. The normalized spacial score (nSPS) is 21.8. The highest BCUT2D eigenvalue weighted by Gasteiger charge is 2.26. The van der Waals surface area contributed by atoms with Gasteiger partial charge in [-0.25, -0.2) is 8.42 Å². The maximum absolute atomic E-state index is 12.1. The molecule has 5 nitrogen and oxygen atoms in total. The van der Waals surface area contributed by atoms with Crippen LogP contribution in [-0.2, 0) is 9.84 Å². The van der Waals surface area contributed by atoms with Crippen molar-refractivity contribution in [2.75, 3.05) is 17.2 Å². The molecular formula is C12H15BrN2O3S. The molecule has 1 atom stereocenters. The predicted molar refractivity (Wildman–Crippen MR) is 77.7 cm³/mol. The highest BCUT2D eigenvalue weighted by Crippen LogP contribution is 2.20. The van der Waals surface area contributed by atoms with E-state index in [1.165, 1.54) is 0 Å². The first-order valence-electron chi connectivity index (χ1n) is 5.94. The van der Waals surface area contributed by atoms with E-state index >= 15 is 0 Å². The van der Waals surface area contributed by atoms with E-state index in [1.807, 2.05) is 0 Å². The molecule has 2 rings (SSSR count). The van der Waals surface area contributed by atoms with Crippen molar-refractivity contribution in [3.05, 3.63) is 28.2 Å². The minimum atomic E-state index is -3.03. The third kappa shape index (κ3) is 3.70. The van der Waals surface area contributed by atoms with Crippen LogP contribution < -0.4 is 11.1 Å². The largest absolute Gasteiger partial charge is 0.399 e. The zero-order chi connectivity index (χ0) is 14.0. The summed E-state index contributed by atoms with van der Waals surface area (Å²) in [6.45, 7) is 0. The summed E-state index contributed by atoms with van der Waals surface area (Å²) in [4.78, 5) is 12.1. The predicted octanol–water partition coefficient (Wildman–Crippen LogP) is 1.34. The summed E-state index contributed by atoms with van der Waals surface area (Å²) in [5.74, 6) is -0.0821. The minimum absolute atomic E-state index is 0.0126. The number of rotatable bonds is 2. The number of nitrogen functional groups attached to an aromatic ring is 1. The Kier molecular flexibility index (Phi) is 4.15. The first kappa shape index (κ1) is 14.3. The second kappa shape index (κ2) is 5.50. The molecule has 0 aliphatic carbocycles. The van der Waals surface area contributed by atoms with Crippen molar-refractivity contribution in [1.29, 1.82) is 0 Å². The molecule has 1 saturated heterocycles. The van der Waals surface area contributed by atoms with Crippen LogP contribution in [0.5, 0.6) is 0 Å². The van der Waals surface area contributed by atoms with Crippen molar-refractivity contribution in [3.63, 3.8) is 0 Å². The summed E-state index contributed by atoms with van der Waals surface area (Å²) in [5, 5.41) is 2.76. The van der Waals surface area contributed by atoms with Gasteiger partial charge in [-0.3, -0.25) is 4.79 Å². The zero-order valence-corrected chi connectivity index (χ0v) is 12.6. The monoisotopic (exact) mass is 346 g/mol. The molecule has 1 amide bonds. The molecule has 3 N–H and O–H groups in total. The standard InChI is InChI=1S/C12H15BrN2O3S/c13-11-4-3-8(14)6-10(11)12(16)15-9-2-1-5-19(17,18)7-9/h3-4,6,9H,1-2,5,7,14H2,(H,15,16). The van der Waals surface area contributed by atoms with E-state index in [4.69, 9.17) is 5.73 Å². The molecule has 1 aromatic carbocycles. The number of nitrogens with one attached hydrogen (secondary N) is 1. The molecule has 1 aliphatic rings. The van der Waals surface area contributed by atoms with Crippen LogP contribution in [0.2, 0.25) is 0 Å². The smallest absolute Gasteiger partial charge is 0.252 e. The lowest BCUT2D eigenvalue weighted by Crippen LogP contribution is -2.43. The summed E-state index contributed by atoms with van der Waals surface area (Å²) in [6.07, 6.45) is 1.27. The Morgan fingerprint density at radius 1 is 1.42 bits per heavy atom. The Morgan fingerprint density at radius 2 is 2.16 bits per heavy atom. The fourth-order valence-corrected chi connectivity index (χ4v) is 4.18. The van der Waals surface area contributed by atoms with Gasteiger partial charge in [0.25, 0.3) is 5.91 Å². The van der Waals surface area contributed by atoms with Crippen LogP contribution in [0, 0.1) is 0 Å². The number of nitrogens with two attached hydrogens (primary N) is 1. The molecule has 0 bridgehead atoms. The Balaban J connectivity index is 2.11. The molecule has 0 spiro atoms. The SMILES string of the molecule is Nc1ccc(Br)c(C(=O)NC2CCCS(=O)(=O)C2)c1. The highest BCUT2D eigenvalue weighted by atomic mass is 79.9. The minimum Gasteiger partial charge on any atom is -0.399 e. The summed E-state index contributed by atoms with van der Waals surface area (Å²) in [7, 11) is -3.03. The second-order valence-electron chi connectivity index (χ2n) is 4.67. The average Bonchev–Trinajstić information content (AvgIpc) is 2.31. The van der Waals surface area contributed by atoms with Gasteiger partial charge in [0.2, 0.25) is 0 Å². The van der Waals surface area contributed by atoms with E-state index in [-0.39, 0.29) is 23.5 Å². The lowest BCUT2D eigenvalue weighted by molar-refractivity contribution is 0.0937. The van der Waals surface area contributed by atoms with Crippen molar-refractivity contribution in [1.82, 2.24) is 5.32 Å². The van der Waals surface area contributed by atoms with Gasteiger partial charge >= 0.3 is 0 Å². The molecule has 0 saturated carbocycles.